The molecule has 1 aromatic heterocycles. The highest BCUT2D eigenvalue weighted by Crippen LogP contribution is 2.36. The molecule has 2 unspecified atom stereocenters. The number of aromatic nitrogens is 1. The van der Waals surface area contributed by atoms with Gasteiger partial charge in [0.1, 0.15) is 0 Å². The third-order valence-electron chi connectivity index (χ3n) is 3.97. The molecule has 1 saturated carbocycles. The summed E-state index contributed by atoms with van der Waals surface area (Å²) in [6.45, 7) is 1.71. The summed E-state index contributed by atoms with van der Waals surface area (Å²) in [5.74, 6) is -1.13. The van der Waals surface area contributed by atoms with Gasteiger partial charge in [-0.15, -0.1) is 0 Å². The van der Waals surface area contributed by atoms with Crippen LogP contribution in [0.1, 0.15) is 43.0 Å². The molecule has 2 atom stereocenters. The average molecular weight is 341 g/mol. The van der Waals surface area contributed by atoms with E-state index in [4.69, 9.17) is 0 Å². The lowest BCUT2D eigenvalue weighted by Gasteiger charge is -2.38. The molecule has 1 aliphatic rings. The fourth-order valence-corrected chi connectivity index (χ4v) is 2.96. The Morgan fingerprint density at radius 2 is 2.20 bits per heavy atom. The van der Waals surface area contributed by atoms with Crippen molar-refractivity contribution in [2.75, 3.05) is 0 Å². The van der Waals surface area contributed by atoms with Gasteiger partial charge in [-0.05, 0) is 41.8 Å². The molecule has 108 valence electrons. The van der Waals surface area contributed by atoms with Crippen molar-refractivity contribution in [3.8, 4) is 0 Å². The lowest BCUT2D eigenvalue weighted by molar-refractivity contribution is -0.151. The van der Waals surface area contributed by atoms with E-state index < -0.39 is 11.4 Å². The predicted molar refractivity (Wildman–Crippen MR) is 77.4 cm³/mol. The number of carbonyl (C=O) groups is 2. The molecular formula is C14H17BrN2O3. The Hall–Kier alpha value is -1.43. The van der Waals surface area contributed by atoms with E-state index in [-0.39, 0.29) is 11.9 Å². The maximum atomic E-state index is 12.2. The van der Waals surface area contributed by atoms with Gasteiger partial charge in [-0.3, -0.25) is 14.6 Å². The Morgan fingerprint density at radius 1 is 1.45 bits per heavy atom. The normalized spacial score (nSPS) is 26.0. The molecule has 20 heavy (non-hydrogen) atoms. The fraction of sp³-hybridized carbons (Fsp3) is 0.500. The summed E-state index contributed by atoms with van der Waals surface area (Å²) in [5.41, 5.74) is -0.467. The molecule has 0 aliphatic heterocycles. The smallest absolute Gasteiger partial charge is 0.311 e. The number of hydrogen-bond donors (Lipinski definition) is 2. The van der Waals surface area contributed by atoms with Crippen LogP contribution in [0.3, 0.4) is 0 Å². The molecule has 0 spiro atoms. The largest absolute Gasteiger partial charge is 0.481 e. The summed E-state index contributed by atoms with van der Waals surface area (Å²) in [6.07, 6.45) is 6.16. The van der Waals surface area contributed by atoms with Crippen LogP contribution in [0.15, 0.2) is 22.9 Å². The summed E-state index contributed by atoms with van der Waals surface area (Å²) in [5, 5.41) is 12.3. The van der Waals surface area contributed by atoms with Gasteiger partial charge in [0.2, 0.25) is 0 Å². The average Bonchev–Trinajstić information content (AvgIpc) is 2.41. The van der Waals surface area contributed by atoms with Crippen molar-refractivity contribution in [2.24, 2.45) is 5.41 Å². The Kier molecular flexibility index (Phi) is 4.42. The number of halogens is 1. The predicted octanol–water partition coefficient (Wildman–Crippen LogP) is 2.61. The standard InChI is InChI=1S/C14H17BrN2O3/c1-14(13(19)20)5-3-2-4-11(14)17-12(18)9-6-10(15)8-16-7-9/h6-8,11H,2-5H2,1H3,(H,17,18)(H,19,20). The quantitative estimate of drug-likeness (QED) is 0.886. The molecule has 6 heteroatoms. The van der Waals surface area contributed by atoms with E-state index in [9.17, 15) is 14.7 Å². The monoisotopic (exact) mass is 340 g/mol. The molecule has 0 saturated heterocycles. The molecular weight excluding hydrogens is 324 g/mol. The zero-order chi connectivity index (χ0) is 14.8. The summed E-state index contributed by atoms with van der Waals surface area (Å²) >= 11 is 3.26. The van der Waals surface area contributed by atoms with Crippen molar-refractivity contribution in [3.05, 3.63) is 28.5 Å². The van der Waals surface area contributed by atoms with Gasteiger partial charge in [0.15, 0.2) is 0 Å². The fourth-order valence-electron chi connectivity index (χ4n) is 2.60. The van der Waals surface area contributed by atoms with E-state index in [0.717, 1.165) is 17.3 Å². The van der Waals surface area contributed by atoms with Gasteiger partial charge in [-0.25, -0.2) is 0 Å². The van der Waals surface area contributed by atoms with E-state index in [0.29, 0.717) is 18.4 Å². The Labute approximate surface area is 125 Å². The molecule has 1 fully saturated rings. The summed E-state index contributed by atoms with van der Waals surface area (Å²) in [7, 11) is 0. The molecule has 0 radical (unpaired) electrons. The number of nitrogens with zero attached hydrogens (tertiary/aromatic N) is 1. The Morgan fingerprint density at radius 3 is 2.85 bits per heavy atom. The number of aliphatic carboxylic acids is 1. The van der Waals surface area contributed by atoms with Gasteiger partial charge < -0.3 is 10.4 Å². The minimum atomic E-state index is -0.895. The topological polar surface area (TPSA) is 79.3 Å². The van der Waals surface area contributed by atoms with Crippen molar-refractivity contribution in [1.82, 2.24) is 10.3 Å². The highest BCUT2D eigenvalue weighted by molar-refractivity contribution is 9.10. The molecule has 2 rings (SSSR count). The third-order valence-corrected chi connectivity index (χ3v) is 4.40. The number of carboxylic acids is 1. The second kappa shape index (κ2) is 5.91. The van der Waals surface area contributed by atoms with E-state index in [2.05, 4.69) is 26.2 Å². The number of carboxylic acid groups (broad SMARTS) is 1. The van der Waals surface area contributed by atoms with Crippen molar-refractivity contribution >= 4 is 27.8 Å². The van der Waals surface area contributed by atoms with Crippen LogP contribution in [0.5, 0.6) is 0 Å². The molecule has 1 amide bonds. The van der Waals surface area contributed by atoms with Gasteiger partial charge in [-0.2, -0.15) is 0 Å². The highest BCUT2D eigenvalue weighted by atomic mass is 79.9. The first-order chi connectivity index (χ1) is 9.43. The number of hydrogen-bond acceptors (Lipinski definition) is 3. The van der Waals surface area contributed by atoms with Crippen LogP contribution in [-0.4, -0.2) is 28.0 Å². The van der Waals surface area contributed by atoms with Crippen LogP contribution in [0.2, 0.25) is 0 Å². The van der Waals surface area contributed by atoms with Crippen LogP contribution < -0.4 is 5.32 Å². The molecule has 5 nitrogen and oxygen atoms in total. The van der Waals surface area contributed by atoms with Crippen LogP contribution in [-0.2, 0) is 4.79 Å². The molecule has 1 aliphatic carbocycles. The lowest BCUT2D eigenvalue weighted by Crippen LogP contribution is -2.52. The van der Waals surface area contributed by atoms with Crippen LogP contribution in [0.25, 0.3) is 0 Å². The van der Waals surface area contributed by atoms with Crippen molar-refractivity contribution in [2.45, 2.75) is 38.6 Å². The third kappa shape index (κ3) is 3.00. The number of amides is 1. The van der Waals surface area contributed by atoms with Gasteiger partial charge in [0.25, 0.3) is 5.91 Å². The van der Waals surface area contributed by atoms with E-state index in [1.165, 1.54) is 6.20 Å². The number of nitrogens with one attached hydrogen (secondary N) is 1. The van der Waals surface area contributed by atoms with Gasteiger partial charge in [0.05, 0.1) is 11.0 Å². The van der Waals surface area contributed by atoms with Crippen LogP contribution in [0, 0.1) is 5.41 Å². The molecule has 1 heterocycles. The van der Waals surface area contributed by atoms with Crippen molar-refractivity contribution < 1.29 is 14.7 Å². The minimum Gasteiger partial charge on any atom is -0.481 e. The second-order valence-electron chi connectivity index (χ2n) is 5.39. The number of rotatable bonds is 3. The first kappa shape index (κ1) is 15.0. The van der Waals surface area contributed by atoms with Crippen molar-refractivity contribution in [3.63, 3.8) is 0 Å². The Bertz CT molecular complexity index is 535. The first-order valence-electron chi connectivity index (χ1n) is 6.58. The first-order valence-corrected chi connectivity index (χ1v) is 7.37. The second-order valence-corrected chi connectivity index (χ2v) is 6.30. The van der Waals surface area contributed by atoms with Gasteiger partial charge in [-0.1, -0.05) is 12.8 Å². The van der Waals surface area contributed by atoms with E-state index in [1.54, 1.807) is 19.2 Å². The number of pyridine rings is 1. The summed E-state index contributed by atoms with van der Waals surface area (Å²) in [4.78, 5) is 27.6. The molecule has 0 aromatic carbocycles. The van der Waals surface area contributed by atoms with Crippen LogP contribution in [0.4, 0.5) is 0 Å². The zero-order valence-electron chi connectivity index (χ0n) is 11.2. The number of carbonyl (C=O) groups excluding carboxylic acids is 1. The zero-order valence-corrected chi connectivity index (χ0v) is 12.8. The summed E-state index contributed by atoms with van der Waals surface area (Å²) < 4.78 is 0.717. The summed E-state index contributed by atoms with van der Waals surface area (Å²) in [6, 6.07) is 1.32. The SMILES string of the molecule is CC1(C(=O)O)CCCCC1NC(=O)c1cncc(Br)c1. The Balaban J connectivity index is 2.15. The lowest BCUT2D eigenvalue weighted by atomic mass is 9.71. The molecule has 2 N–H and O–H groups in total. The minimum absolute atomic E-state index is 0.279. The van der Waals surface area contributed by atoms with Gasteiger partial charge in [0, 0.05) is 22.9 Å². The van der Waals surface area contributed by atoms with E-state index >= 15 is 0 Å². The molecule has 0 bridgehead atoms. The van der Waals surface area contributed by atoms with Crippen molar-refractivity contribution in [1.29, 1.82) is 0 Å². The van der Waals surface area contributed by atoms with Crippen LogP contribution >= 0.6 is 15.9 Å². The molecule has 1 aromatic rings. The van der Waals surface area contributed by atoms with E-state index in [1.807, 2.05) is 0 Å². The highest BCUT2D eigenvalue weighted by Gasteiger charge is 2.43. The van der Waals surface area contributed by atoms with Gasteiger partial charge >= 0.3 is 5.97 Å². The maximum Gasteiger partial charge on any atom is 0.311 e. The maximum absolute atomic E-state index is 12.2.